The lowest BCUT2D eigenvalue weighted by atomic mass is 10.1. The second-order valence-corrected chi connectivity index (χ2v) is 8.79. The van der Waals surface area contributed by atoms with Gasteiger partial charge in [-0.2, -0.15) is 0 Å². The van der Waals surface area contributed by atoms with E-state index in [0.717, 1.165) is 41.4 Å². The number of benzene rings is 1. The van der Waals surface area contributed by atoms with Crippen LogP contribution >= 0.6 is 0 Å². The minimum absolute atomic E-state index is 0.0138. The first-order chi connectivity index (χ1) is 17.0. The Morgan fingerprint density at radius 1 is 1.23 bits per heavy atom. The van der Waals surface area contributed by atoms with Crippen LogP contribution in [0, 0.1) is 12.8 Å². The van der Waals surface area contributed by atoms with Gasteiger partial charge in [-0.3, -0.25) is 4.79 Å². The number of ether oxygens (including phenoxy) is 3. The quantitative estimate of drug-likeness (QED) is 0.503. The minimum Gasteiger partial charge on any atom is -0.490 e. The third kappa shape index (κ3) is 4.66. The number of amides is 1. The number of methoxy groups -OCH3 is 1. The molecule has 1 aromatic carbocycles. The third-order valence-corrected chi connectivity index (χ3v) is 6.42. The van der Waals surface area contributed by atoms with Crippen molar-refractivity contribution in [3.05, 3.63) is 66.6 Å². The van der Waals surface area contributed by atoms with E-state index in [1.807, 2.05) is 49.3 Å². The Labute approximate surface area is 204 Å². The Bertz CT molecular complexity index is 1250. The van der Waals surface area contributed by atoms with E-state index in [-0.39, 0.29) is 11.8 Å². The molecule has 9 nitrogen and oxygen atoms in total. The van der Waals surface area contributed by atoms with Crippen LogP contribution in [0.15, 0.2) is 55.3 Å². The van der Waals surface area contributed by atoms with Crippen molar-refractivity contribution < 1.29 is 19.0 Å². The predicted octanol–water partition coefficient (Wildman–Crippen LogP) is 3.72. The highest BCUT2D eigenvalue weighted by atomic mass is 16.5. The maximum absolute atomic E-state index is 12.7. The van der Waals surface area contributed by atoms with Gasteiger partial charge in [-0.25, -0.2) is 9.97 Å². The lowest BCUT2D eigenvalue weighted by molar-refractivity contribution is 0.0780. The summed E-state index contributed by atoms with van der Waals surface area (Å²) < 4.78 is 18.9. The summed E-state index contributed by atoms with van der Waals surface area (Å²) in [5.41, 5.74) is 3.49. The molecular formula is C26H29N5O4. The zero-order valence-electron chi connectivity index (χ0n) is 20.2. The number of anilines is 2. The number of imidazole rings is 1. The van der Waals surface area contributed by atoms with Crippen molar-refractivity contribution in [2.45, 2.75) is 13.3 Å². The van der Waals surface area contributed by atoms with Crippen LogP contribution in [0.5, 0.6) is 17.4 Å². The molecule has 0 aliphatic carbocycles. The molecule has 4 heterocycles. The first-order valence-corrected chi connectivity index (χ1v) is 11.7. The van der Waals surface area contributed by atoms with Gasteiger partial charge in [-0.15, -0.1) is 0 Å². The summed E-state index contributed by atoms with van der Waals surface area (Å²) in [6.07, 6.45) is 9.72. The number of pyridine rings is 1. The number of likely N-dealkylation sites (tertiary alicyclic amines) is 1. The predicted molar refractivity (Wildman–Crippen MR) is 131 cm³/mol. The van der Waals surface area contributed by atoms with Crippen LogP contribution in [0.2, 0.25) is 0 Å². The highest BCUT2D eigenvalue weighted by molar-refractivity contribution is 5.92. The van der Waals surface area contributed by atoms with E-state index in [1.54, 1.807) is 30.5 Å². The number of rotatable bonds is 6. The minimum atomic E-state index is 0.0138. The first kappa shape index (κ1) is 22.8. The molecule has 0 bridgehead atoms. The Hall–Kier alpha value is -4.01. The summed E-state index contributed by atoms with van der Waals surface area (Å²) >= 11 is 0. The molecule has 0 N–H and O–H groups in total. The van der Waals surface area contributed by atoms with Gasteiger partial charge in [0.2, 0.25) is 5.88 Å². The van der Waals surface area contributed by atoms with Crippen LogP contribution in [0.4, 0.5) is 11.4 Å². The molecule has 1 atom stereocenters. The second-order valence-electron chi connectivity index (χ2n) is 8.79. The van der Waals surface area contributed by atoms with Crippen molar-refractivity contribution in [3.8, 4) is 17.4 Å². The van der Waals surface area contributed by atoms with Crippen molar-refractivity contribution in [1.82, 2.24) is 19.4 Å². The molecule has 3 aromatic rings. The average molecular weight is 476 g/mol. The van der Waals surface area contributed by atoms with Crippen LogP contribution < -0.4 is 19.1 Å². The monoisotopic (exact) mass is 475 g/mol. The standard InChI is InChI=1S/C26H29N5O4/c1-18-12-20(14-28-25(18)33-3)31-9-11-35-24-5-4-21(13-22(24)31)34-10-7-19-6-8-30(16-19)26(32)23-15-27-17-29(23)2/h4-5,7,10,12-15,17,19H,6,8-9,11,16H2,1-3H3. The number of aryl methyl sites for hydroxylation is 2. The Morgan fingerprint density at radius 3 is 2.89 bits per heavy atom. The van der Waals surface area contributed by atoms with E-state index in [9.17, 15) is 4.79 Å². The summed E-state index contributed by atoms with van der Waals surface area (Å²) in [5, 5.41) is 0. The van der Waals surface area contributed by atoms with E-state index in [0.29, 0.717) is 31.3 Å². The molecular weight excluding hydrogens is 446 g/mol. The summed E-state index contributed by atoms with van der Waals surface area (Å²) in [7, 11) is 3.45. The number of fused-ring (bicyclic) bond motifs is 1. The third-order valence-electron chi connectivity index (χ3n) is 6.42. The first-order valence-electron chi connectivity index (χ1n) is 11.7. The zero-order chi connectivity index (χ0) is 24.4. The van der Waals surface area contributed by atoms with E-state index >= 15 is 0 Å². The van der Waals surface area contributed by atoms with Crippen LogP contribution in [-0.4, -0.2) is 58.7 Å². The summed E-state index contributed by atoms with van der Waals surface area (Å²) in [5.74, 6) is 2.41. The summed E-state index contributed by atoms with van der Waals surface area (Å²) in [4.78, 5) is 25.2. The SMILES string of the molecule is COc1ncc(N2CCOc3ccc(OC=CC4CCN(C(=O)c5cncn5C)C4)cc32)cc1C. The largest absolute Gasteiger partial charge is 0.490 e. The Morgan fingerprint density at radius 2 is 2.11 bits per heavy atom. The molecule has 182 valence electrons. The number of hydrogen-bond donors (Lipinski definition) is 0. The lowest BCUT2D eigenvalue weighted by Gasteiger charge is -2.31. The molecule has 0 radical (unpaired) electrons. The maximum Gasteiger partial charge on any atom is 0.272 e. The van der Waals surface area contributed by atoms with Crippen molar-refractivity contribution >= 4 is 17.3 Å². The fourth-order valence-corrected chi connectivity index (χ4v) is 4.53. The highest BCUT2D eigenvalue weighted by Crippen LogP contribution is 2.39. The fraction of sp³-hybridized carbons (Fsp3) is 0.346. The van der Waals surface area contributed by atoms with Gasteiger partial charge in [0, 0.05) is 31.8 Å². The van der Waals surface area contributed by atoms with Gasteiger partial charge in [0.25, 0.3) is 5.91 Å². The van der Waals surface area contributed by atoms with Gasteiger partial charge in [-0.1, -0.05) is 0 Å². The van der Waals surface area contributed by atoms with Gasteiger partial charge in [0.15, 0.2) is 0 Å². The van der Waals surface area contributed by atoms with Crippen LogP contribution in [-0.2, 0) is 7.05 Å². The maximum atomic E-state index is 12.7. The summed E-state index contributed by atoms with van der Waals surface area (Å²) in [6.45, 7) is 4.67. The number of carbonyl (C=O) groups is 1. The molecule has 1 saturated heterocycles. The van der Waals surface area contributed by atoms with Crippen molar-refractivity contribution in [1.29, 1.82) is 0 Å². The fourth-order valence-electron chi connectivity index (χ4n) is 4.53. The molecule has 2 aromatic heterocycles. The molecule has 1 unspecified atom stereocenters. The molecule has 5 rings (SSSR count). The number of aromatic nitrogens is 3. The topological polar surface area (TPSA) is 82.0 Å². The number of carbonyl (C=O) groups excluding carboxylic acids is 1. The molecule has 9 heteroatoms. The van der Waals surface area contributed by atoms with Crippen LogP contribution in [0.3, 0.4) is 0 Å². The van der Waals surface area contributed by atoms with Crippen molar-refractivity contribution in [2.24, 2.45) is 13.0 Å². The number of nitrogens with zero attached hydrogens (tertiary/aromatic N) is 5. The smallest absolute Gasteiger partial charge is 0.272 e. The molecule has 35 heavy (non-hydrogen) atoms. The van der Waals surface area contributed by atoms with E-state index in [2.05, 4.69) is 20.9 Å². The highest BCUT2D eigenvalue weighted by Gasteiger charge is 2.27. The second kappa shape index (κ2) is 9.69. The van der Waals surface area contributed by atoms with E-state index in [4.69, 9.17) is 14.2 Å². The molecule has 1 amide bonds. The lowest BCUT2D eigenvalue weighted by Crippen LogP contribution is -2.29. The number of hydrogen-bond acceptors (Lipinski definition) is 7. The van der Waals surface area contributed by atoms with E-state index < -0.39 is 0 Å². The van der Waals surface area contributed by atoms with Crippen LogP contribution in [0.25, 0.3) is 0 Å². The summed E-state index contributed by atoms with van der Waals surface area (Å²) in [6, 6.07) is 7.87. The van der Waals surface area contributed by atoms with E-state index in [1.165, 1.54) is 0 Å². The Kier molecular flexibility index (Phi) is 6.31. The molecule has 1 fully saturated rings. The zero-order valence-corrected chi connectivity index (χ0v) is 20.2. The Balaban J connectivity index is 1.25. The van der Waals surface area contributed by atoms with Gasteiger partial charge in [0.1, 0.15) is 23.8 Å². The van der Waals surface area contributed by atoms with Crippen molar-refractivity contribution in [3.63, 3.8) is 0 Å². The van der Waals surface area contributed by atoms with Gasteiger partial charge < -0.3 is 28.6 Å². The molecule has 2 aliphatic rings. The normalized spacial score (nSPS) is 17.4. The van der Waals surface area contributed by atoms with Gasteiger partial charge in [0.05, 0.1) is 50.0 Å². The molecule has 0 saturated carbocycles. The average Bonchev–Trinajstić information content (AvgIpc) is 3.52. The molecule has 2 aliphatic heterocycles. The van der Waals surface area contributed by atoms with Crippen molar-refractivity contribution in [2.75, 3.05) is 38.3 Å². The van der Waals surface area contributed by atoms with Gasteiger partial charge >= 0.3 is 0 Å². The molecule has 0 spiro atoms. The van der Waals surface area contributed by atoms with Crippen LogP contribution in [0.1, 0.15) is 22.5 Å². The van der Waals surface area contributed by atoms with Gasteiger partial charge in [-0.05, 0) is 43.5 Å².